The number of hydrogen-bond acceptors (Lipinski definition) is 2. The number of aliphatic hydroxyl groups is 1. The number of alkyl halides is 4. The Morgan fingerprint density at radius 1 is 1.42 bits per heavy atom. The summed E-state index contributed by atoms with van der Waals surface area (Å²) in [4.78, 5) is 0. The van der Waals surface area contributed by atoms with Gasteiger partial charge in [0.2, 0.25) is 0 Å². The first-order valence-electron chi connectivity index (χ1n) is 3.32. The molecule has 72 valence electrons. The molecule has 0 bridgehead atoms. The van der Waals surface area contributed by atoms with Crippen LogP contribution in [0.5, 0.6) is 0 Å². The first-order valence-corrected chi connectivity index (χ1v) is 3.32. The van der Waals surface area contributed by atoms with Crippen LogP contribution in [0.25, 0.3) is 0 Å². The summed E-state index contributed by atoms with van der Waals surface area (Å²) in [5.74, 6) is -8.65. The summed E-state index contributed by atoms with van der Waals surface area (Å²) in [5, 5.41) is 8.70. The third kappa shape index (κ3) is 1.54. The van der Waals surface area contributed by atoms with Crippen LogP contribution in [0.3, 0.4) is 0 Å². The van der Waals surface area contributed by atoms with Crippen molar-refractivity contribution in [2.75, 3.05) is 6.61 Å². The van der Waals surface area contributed by atoms with Crippen molar-refractivity contribution in [1.29, 1.82) is 0 Å². The second-order valence-electron chi connectivity index (χ2n) is 2.83. The summed E-state index contributed by atoms with van der Waals surface area (Å²) in [6.45, 7) is -0.0224. The van der Waals surface area contributed by atoms with Gasteiger partial charge < -0.3 is 9.84 Å². The minimum absolute atomic E-state index is 0.0681. The maximum absolute atomic E-state index is 12.5. The van der Waals surface area contributed by atoms with Gasteiger partial charge in [0.25, 0.3) is 0 Å². The van der Waals surface area contributed by atoms with E-state index in [-0.39, 0.29) is 13.5 Å². The van der Waals surface area contributed by atoms with Gasteiger partial charge in [-0.2, -0.15) is 8.78 Å². The lowest BCUT2D eigenvalue weighted by atomic mass is 10.1. The molecule has 0 aromatic heterocycles. The van der Waals surface area contributed by atoms with Gasteiger partial charge in [-0.15, -0.1) is 0 Å². The molecule has 6 heteroatoms. The Bertz CT molecular complexity index is 173. The van der Waals surface area contributed by atoms with Crippen molar-refractivity contribution in [2.45, 2.75) is 31.0 Å². The Kier molecular flexibility index (Phi) is 2.08. The molecule has 1 fully saturated rings. The average molecular weight is 188 g/mol. The molecule has 2 atom stereocenters. The zero-order valence-electron chi connectivity index (χ0n) is 6.23. The molecule has 2 nitrogen and oxygen atoms in total. The maximum Gasteiger partial charge on any atom is 0.337 e. The smallest absolute Gasteiger partial charge is 0.337 e. The lowest BCUT2D eigenvalue weighted by Gasteiger charge is -2.26. The van der Waals surface area contributed by atoms with Crippen molar-refractivity contribution >= 4 is 0 Å². The van der Waals surface area contributed by atoms with Crippen LogP contribution in [0.4, 0.5) is 17.6 Å². The van der Waals surface area contributed by atoms with E-state index >= 15 is 0 Å². The quantitative estimate of drug-likeness (QED) is 0.530. The molecule has 0 aliphatic carbocycles. The molecule has 0 aromatic carbocycles. The predicted octanol–water partition coefficient (Wildman–Crippen LogP) is 1.04. The lowest BCUT2D eigenvalue weighted by molar-refractivity contribution is -0.247. The van der Waals surface area contributed by atoms with E-state index in [2.05, 4.69) is 4.74 Å². The van der Waals surface area contributed by atoms with Crippen molar-refractivity contribution < 1.29 is 27.4 Å². The molecular formula is C6H8F4O2. The summed E-state index contributed by atoms with van der Waals surface area (Å²) >= 11 is 0. The first kappa shape index (κ1) is 9.73. The van der Waals surface area contributed by atoms with Crippen LogP contribution < -0.4 is 0 Å². The maximum atomic E-state index is 12.5. The van der Waals surface area contributed by atoms with E-state index in [1.807, 2.05) is 0 Å². The predicted molar refractivity (Wildman–Crippen MR) is 31.3 cm³/mol. The zero-order valence-corrected chi connectivity index (χ0v) is 6.23. The molecule has 1 saturated heterocycles. The van der Waals surface area contributed by atoms with Crippen LogP contribution >= 0.6 is 0 Å². The molecule has 1 aliphatic heterocycles. The fourth-order valence-corrected chi connectivity index (χ4v) is 0.731. The third-order valence-electron chi connectivity index (χ3n) is 1.67. The third-order valence-corrected chi connectivity index (χ3v) is 1.67. The Labute approximate surface area is 66.1 Å². The number of epoxide rings is 1. The molecule has 0 spiro atoms. The van der Waals surface area contributed by atoms with Gasteiger partial charge in [0.1, 0.15) is 6.10 Å². The molecule has 0 aromatic rings. The van der Waals surface area contributed by atoms with Crippen molar-refractivity contribution in [3.8, 4) is 0 Å². The van der Waals surface area contributed by atoms with E-state index in [0.717, 1.165) is 0 Å². The monoisotopic (exact) mass is 188 g/mol. The molecular weight excluding hydrogens is 180 g/mol. The molecule has 1 aliphatic rings. The van der Waals surface area contributed by atoms with Crippen LogP contribution in [0.2, 0.25) is 0 Å². The fraction of sp³-hybridized carbons (Fsp3) is 1.00. The number of rotatable bonds is 3. The van der Waals surface area contributed by atoms with E-state index in [1.165, 1.54) is 0 Å². The number of hydrogen-bond donors (Lipinski definition) is 1. The van der Waals surface area contributed by atoms with Crippen molar-refractivity contribution in [1.82, 2.24) is 0 Å². The van der Waals surface area contributed by atoms with Gasteiger partial charge >= 0.3 is 11.8 Å². The highest BCUT2D eigenvalue weighted by Gasteiger charge is 2.61. The van der Waals surface area contributed by atoms with Gasteiger partial charge in [-0.25, -0.2) is 8.78 Å². The second-order valence-corrected chi connectivity index (χ2v) is 2.83. The van der Waals surface area contributed by atoms with Crippen LogP contribution in [0.1, 0.15) is 6.92 Å². The van der Waals surface area contributed by atoms with Gasteiger partial charge in [0, 0.05) is 6.92 Å². The average Bonchev–Trinajstić information content (AvgIpc) is 2.64. The van der Waals surface area contributed by atoms with E-state index in [4.69, 9.17) is 5.11 Å². The number of ether oxygens (including phenoxy) is 1. The van der Waals surface area contributed by atoms with E-state index in [1.54, 1.807) is 0 Å². The summed E-state index contributed by atoms with van der Waals surface area (Å²) in [7, 11) is 0. The van der Waals surface area contributed by atoms with Gasteiger partial charge in [-0.3, -0.25) is 0 Å². The molecule has 1 heterocycles. The van der Waals surface area contributed by atoms with Crippen molar-refractivity contribution in [3.05, 3.63) is 0 Å². The highest BCUT2D eigenvalue weighted by atomic mass is 19.3. The first-order chi connectivity index (χ1) is 5.27. The van der Waals surface area contributed by atoms with Gasteiger partial charge in [-0.05, 0) is 0 Å². The summed E-state index contributed by atoms with van der Waals surface area (Å²) < 4.78 is 53.7. The highest BCUT2D eigenvalue weighted by Crippen LogP contribution is 2.40. The van der Waals surface area contributed by atoms with Crippen LogP contribution in [-0.4, -0.2) is 35.8 Å². The van der Waals surface area contributed by atoms with Crippen LogP contribution in [0.15, 0.2) is 0 Å². The topological polar surface area (TPSA) is 32.8 Å². The summed E-state index contributed by atoms with van der Waals surface area (Å²) in [6, 6.07) is 0. The standard InChI is InChI=1S/C6H8F4O2/c1-5(7,8)6(9,10)4(11)3-2-12-3/h3-4,11H,2H2,1H3. The number of aliphatic hydroxyl groups excluding tert-OH is 1. The Morgan fingerprint density at radius 2 is 1.83 bits per heavy atom. The van der Waals surface area contributed by atoms with E-state index in [9.17, 15) is 17.6 Å². The minimum Gasteiger partial charge on any atom is -0.384 e. The Hall–Kier alpha value is -0.360. The molecule has 1 rings (SSSR count). The zero-order chi connectivity index (χ0) is 9.57. The Morgan fingerprint density at radius 3 is 2.08 bits per heavy atom. The van der Waals surface area contributed by atoms with Gasteiger partial charge in [-0.1, -0.05) is 0 Å². The van der Waals surface area contributed by atoms with Crippen molar-refractivity contribution in [3.63, 3.8) is 0 Å². The SMILES string of the molecule is CC(F)(F)C(F)(F)C(O)C1CO1. The van der Waals surface area contributed by atoms with E-state index < -0.39 is 24.1 Å². The lowest BCUT2D eigenvalue weighted by Crippen LogP contribution is -2.50. The molecule has 0 radical (unpaired) electrons. The van der Waals surface area contributed by atoms with Gasteiger partial charge in [0.05, 0.1) is 6.61 Å². The minimum atomic E-state index is -4.42. The molecule has 0 amide bonds. The second kappa shape index (κ2) is 2.56. The molecule has 2 unspecified atom stereocenters. The molecule has 1 N–H and O–H groups in total. The fourth-order valence-electron chi connectivity index (χ4n) is 0.731. The number of halogens is 4. The largest absolute Gasteiger partial charge is 0.384 e. The van der Waals surface area contributed by atoms with Crippen molar-refractivity contribution in [2.24, 2.45) is 0 Å². The normalized spacial score (nSPS) is 27.0. The Balaban J connectivity index is 2.68. The molecule has 12 heavy (non-hydrogen) atoms. The van der Waals surface area contributed by atoms with Gasteiger partial charge in [0.15, 0.2) is 6.10 Å². The summed E-state index contributed by atoms with van der Waals surface area (Å²) in [6.07, 6.45) is -3.57. The highest BCUT2D eigenvalue weighted by molar-refractivity contribution is 4.95. The molecule has 0 saturated carbocycles. The van der Waals surface area contributed by atoms with E-state index in [0.29, 0.717) is 0 Å². The summed E-state index contributed by atoms with van der Waals surface area (Å²) in [5.41, 5.74) is 0. The van der Waals surface area contributed by atoms with Crippen LogP contribution in [0, 0.1) is 0 Å². The van der Waals surface area contributed by atoms with Crippen LogP contribution in [-0.2, 0) is 4.74 Å².